The predicted molar refractivity (Wildman–Crippen MR) is 145 cm³/mol. The first-order valence-electron chi connectivity index (χ1n) is 12.7. The third kappa shape index (κ3) is 7.29. The molecule has 4 rings (SSSR count). The van der Waals surface area contributed by atoms with Crippen molar-refractivity contribution < 1.29 is 30.8 Å². The zero-order chi connectivity index (χ0) is 29.1. The molecule has 2 aromatic carbocycles. The molecule has 1 aliphatic heterocycles. The molecule has 214 valence electrons. The second-order valence-electron chi connectivity index (χ2n) is 9.90. The van der Waals surface area contributed by atoms with Crippen LogP contribution in [0.1, 0.15) is 54.0 Å². The quantitative estimate of drug-likeness (QED) is 0.349. The molecule has 40 heavy (non-hydrogen) atoms. The molecular weight excluding hydrogens is 548 g/mol. The van der Waals surface area contributed by atoms with Gasteiger partial charge in [0.05, 0.1) is 17.9 Å². The largest absolute Gasteiger partial charge is 0.433 e. The van der Waals surface area contributed by atoms with Gasteiger partial charge in [-0.25, -0.2) is 17.8 Å². The summed E-state index contributed by atoms with van der Waals surface area (Å²) in [5.41, 5.74) is 0.690. The van der Waals surface area contributed by atoms with E-state index in [-0.39, 0.29) is 18.1 Å². The molecule has 0 spiro atoms. The van der Waals surface area contributed by atoms with Crippen molar-refractivity contribution in [2.24, 2.45) is 0 Å². The Morgan fingerprint density at radius 3 is 2.35 bits per heavy atom. The maximum atomic E-state index is 14.4. The Labute approximate surface area is 230 Å². The van der Waals surface area contributed by atoms with Crippen LogP contribution in [0.2, 0.25) is 0 Å². The molecule has 0 saturated carbocycles. The van der Waals surface area contributed by atoms with Gasteiger partial charge < -0.3 is 10.2 Å². The van der Waals surface area contributed by atoms with E-state index in [0.717, 1.165) is 31.2 Å². The first-order valence-corrected chi connectivity index (χ1v) is 14.6. The Bertz CT molecular complexity index is 1460. The summed E-state index contributed by atoms with van der Waals surface area (Å²) in [6.45, 7) is 2.50. The van der Waals surface area contributed by atoms with Gasteiger partial charge in [-0.15, -0.1) is 0 Å². The average molecular weight is 579 g/mol. The third-order valence-electron chi connectivity index (χ3n) is 6.95. The lowest BCUT2D eigenvalue weighted by atomic mass is 9.89. The minimum atomic E-state index is -4.62. The maximum Gasteiger partial charge on any atom is 0.433 e. The Morgan fingerprint density at radius 2 is 1.75 bits per heavy atom. The minimum absolute atomic E-state index is 0.0710. The van der Waals surface area contributed by atoms with Crippen LogP contribution in [0, 0.1) is 5.82 Å². The molecule has 0 bridgehead atoms. The van der Waals surface area contributed by atoms with Gasteiger partial charge in [0.2, 0.25) is 15.9 Å². The zero-order valence-corrected chi connectivity index (χ0v) is 22.8. The second-order valence-corrected chi connectivity index (χ2v) is 11.7. The van der Waals surface area contributed by atoms with Crippen molar-refractivity contribution in [1.82, 2.24) is 10.3 Å². The van der Waals surface area contributed by atoms with Crippen molar-refractivity contribution in [2.45, 2.75) is 44.3 Å². The highest BCUT2D eigenvalue weighted by Crippen LogP contribution is 2.34. The maximum absolute atomic E-state index is 14.4. The van der Waals surface area contributed by atoms with Crippen LogP contribution in [0.5, 0.6) is 0 Å². The number of nitrogens with zero attached hydrogens (tertiary/aromatic N) is 2. The molecule has 0 unspecified atom stereocenters. The zero-order valence-electron chi connectivity index (χ0n) is 22.0. The molecule has 12 heteroatoms. The fraction of sp³-hybridized carbons (Fsp3) is 0.357. The molecule has 0 radical (unpaired) electrons. The van der Waals surface area contributed by atoms with E-state index in [4.69, 9.17) is 0 Å². The molecule has 1 aliphatic rings. The van der Waals surface area contributed by atoms with Gasteiger partial charge in [-0.1, -0.05) is 42.5 Å². The summed E-state index contributed by atoms with van der Waals surface area (Å²) in [4.78, 5) is 18.7. The molecule has 1 fully saturated rings. The highest BCUT2D eigenvalue weighted by Gasteiger charge is 2.34. The molecule has 7 nitrogen and oxygen atoms in total. The van der Waals surface area contributed by atoms with Crippen LogP contribution in [0.4, 0.5) is 29.1 Å². The van der Waals surface area contributed by atoms with Crippen LogP contribution in [-0.4, -0.2) is 38.7 Å². The van der Waals surface area contributed by atoms with Crippen LogP contribution in [-0.2, 0) is 27.5 Å². The standard InChI is InChI=1S/C28H30F4N4O3S/c1-18(21-8-10-24(23(29)16-21)35-40(2,38)39)27(37)33-17-22-9-11-25(28(30,31)32)34-26(22)36-14-12-20(13-15-36)19-6-4-3-5-7-19/h3-11,16,18,20,35H,12-15,17H2,1-2H3,(H,33,37)/t18-/m0/s1. The fourth-order valence-corrected chi connectivity index (χ4v) is 5.33. The van der Waals surface area contributed by atoms with Gasteiger partial charge >= 0.3 is 6.18 Å². The number of hydrogen-bond donors (Lipinski definition) is 2. The van der Waals surface area contributed by atoms with Gasteiger partial charge in [0.15, 0.2) is 0 Å². The summed E-state index contributed by atoms with van der Waals surface area (Å²) < 4.78 is 79.7. The van der Waals surface area contributed by atoms with Crippen LogP contribution < -0.4 is 14.9 Å². The van der Waals surface area contributed by atoms with Crippen molar-refractivity contribution >= 4 is 27.4 Å². The summed E-state index contributed by atoms with van der Waals surface area (Å²) in [5.74, 6) is -1.65. The van der Waals surface area contributed by atoms with E-state index in [1.165, 1.54) is 23.8 Å². The SMILES string of the molecule is C[C@H](C(=O)NCc1ccc(C(F)(F)F)nc1N1CCC(c2ccccc2)CC1)c1ccc(NS(C)(=O)=O)c(F)c1. The lowest BCUT2D eigenvalue weighted by Gasteiger charge is -2.34. The number of sulfonamides is 1. The van der Waals surface area contributed by atoms with Crippen molar-refractivity contribution in [1.29, 1.82) is 0 Å². The molecule has 2 heterocycles. The topological polar surface area (TPSA) is 91.4 Å². The van der Waals surface area contributed by atoms with Gasteiger partial charge in [0.1, 0.15) is 17.3 Å². The number of alkyl halides is 3. The van der Waals surface area contributed by atoms with Gasteiger partial charge in [-0.05, 0) is 55.0 Å². The number of piperidine rings is 1. The summed E-state index contributed by atoms with van der Waals surface area (Å²) in [7, 11) is -3.68. The number of nitrogens with one attached hydrogen (secondary N) is 2. The number of benzene rings is 2. The summed E-state index contributed by atoms with van der Waals surface area (Å²) in [5, 5.41) is 2.72. The first kappa shape index (κ1) is 29.3. The van der Waals surface area contributed by atoms with E-state index < -0.39 is 39.5 Å². The second kappa shape index (κ2) is 11.8. The number of hydrogen-bond acceptors (Lipinski definition) is 5. The number of anilines is 2. The lowest BCUT2D eigenvalue weighted by molar-refractivity contribution is -0.141. The van der Waals surface area contributed by atoms with Gasteiger partial charge in [0.25, 0.3) is 0 Å². The van der Waals surface area contributed by atoms with Crippen LogP contribution in [0.25, 0.3) is 0 Å². The Kier molecular flexibility index (Phi) is 8.67. The molecule has 1 amide bonds. The highest BCUT2D eigenvalue weighted by atomic mass is 32.2. The van der Waals surface area contributed by atoms with E-state index in [0.29, 0.717) is 30.1 Å². The summed E-state index contributed by atoms with van der Waals surface area (Å²) >= 11 is 0. The smallest absolute Gasteiger partial charge is 0.356 e. The number of halogens is 4. The normalized spacial score (nSPS) is 15.5. The Hall–Kier alpha value is -3.67. The minimum Gasteiger partial charge on any atom is -0.356 e. The van der Waals surface area contributed by atoms with E-state index in [1.54, 1.807) is 6.92 Å². The number of amides is 1. The van der Waals surface area contributed by atoms with Crippen LogP contribution in [0.15, 0.2) is 60.7 Å². The molecule has 1 atom stereocenters. The van der Waals surface area contributed by atoms with Crippen molar-refractivity contribution in [2.75, 3.05) is 29.0 Å². The van der Waals surface area contributed by atoms with Crippen molar-refractivity contribution in [3.63, 3.8) is 0 Å². The Morgan fingerprint density at radius 1 is 1.07 bits per heavy atom. The van der Waals surface area contributed by atoms with E-state index in [1.807, 2.05) is 35.2 Å². The van der Waals surface area contributed by atoms with Gasteiger partial charge in [-0.2, -0.15) is 13.2 Å². The van der Waals surface area contributed by atoms with Gasteiger partial charge in [-0.3, -0.25) is 9.52 Å². The third-order valence-corrected chi connectivity index (χ3v) is 7.54. The van der Waals surface area contributed by atoms with Crippen LogP contribution >= 0.6 is 0 Å². The summed E-state index contributed by atoms with van der Waals surface area (Å²) in [6, 6.07) is 15.9. The van der Waals surface area contributed by atoms with E-state index in [2.05, 4.69) is 15.0 Å². The number of carbonyl (C=O) groups excluding carboxylic acids is 1. The average Bonchev–Trinajstić information content (AvgIpc) is 2.91. The number of carbonyl (C=O) groups is 1. The molecular formula is C28H30F4N4O3S. The molecule has 0 aliphatic carbocycles. The van der Waals surface area contributed by atoms with Crippen LogP contribution in [0.3, 0.4) is 0 Å². The fourth-order valence-electron chi connectivity index (χ4n) is 4.77. The molecule has 3 aromatic rings. The molecule has 1 saturated heterocycles. The van der Waals surface area contributed by atoms with Gasteiger partial charge in [0, 0.05) is 25.2 Å². The number of rotatable bonds is 8. The molecule has 2 N–H and O–H groups in total. The van der Waals surface area contributed by atoms with Crippen molar-refractivity contribution in [3.8, 4) is 0 Å². The monoisotopic (exact) mass is 578 g/mol. The lowest BCUT2D eigenvalue weighted by Crippen LogP contribution is -2.35. The first-order chi connectivity index (χ1) is 18.8. The van der Waals surface area contributed by atoms with E-state index >= 15 is 0 Å². The number of aromatic nitrogens is 1. The predicted octanol–water partition coefficient (Wildman–Crippen LogP) is 5.41. The highest BCUT2D eigenvalue weighted by molar-refractivity contribution is 7.92. The van der Waals surface area contributed by atoms with E-state index in [9.17, 15) is 30.8 Å². The molecule has 1 aromatic heterocycles. The summed E-state index contributed by atoms with van der Waals surface area (Å²) in [6.07, 6.45) is -2.22. The number of pyridine rings is 1. The van der Waals surface area contributed by atoms with Crippen molar-refractivity contribution in [3.05, 3.63) is 88.9 Å². The Balaban J connectivity index is 1.48.